The molecule has 2 rings (SSSR count). The monoisotopic (exact) mass is 272 g/mol. The summed E-state index contributed by atoms with van der Waals surface area (Å²) in [5.41, 5.74) is 0.207. The zero-order chi connectivity index (χ0) is 13.8. The normalized spacial score (nSPS) is 26.4. The summed E-state index contributed by atoms with van der Waals surface area (Å²) >= 11 is 0. The van der Waals surface area contributed by atoms with Crippen LogP contribution in [0.1, 0.15) is 16.8 Å². The Hall–Kier alpha value is -1.53. The third-order valence-electron chi connectivity index (χ3n) is 2.87. The van der Waals surface area contributed by atoms with Crippen molar-refractivity contribution in [2.24, 2.45) is 0 Å². The maximum Gasteiger partial charge on any atom is 0.338 e. The van der Waals surface area contributed by atoms with Crippen molar-refractivity contribution in [2.75, 3.05) is 13.7 Å². The van der Waals surface area contributed by atoms with Crippen LogP contribution in [-0.4, -0.2) is 38.3 Å². The molecule has 0 amide bonds. The summed E-state index contributed by atoms with van der Waals surface area (Å²) in [6.45, 7) is -0.197. The molecule has 1 aliphatic rings. The van der Waals surface area contributed by atoms with E-state index in [9.17, 15) is 13.6 Å². The minimum Gasteiger partial charge on any atom is -0.459 e. The molecule has 104 valence electrons. The van der Waals surface area contributed by atoms with Crippen LogP contribution in [0.3, 0.4) is 0 Å². The van der Waals surface area contributed by atoms with Gasteiger partial charge in [0.25, 0.3) is 0 Å². The van der Waals surface area contributed by atoms with E-state index in [0.29, 0.717) is 0 Å². The van der Waals surface area contributed by atoms with Gasteiger partial charge in [0.15, 0.2) is 6.29 Å². The Morgan fingerprint density at radius 2 is 2.11 bits per heavy atom. The van der Waals surface area contributed by atoms with Gasteiger partial charge in [-0.05, 0) is 24.3 Å². The number of esters is 1. The number of methoxy groups -OCH3 is 1. The van der Waals surface area contributed by atoms with Crippen LogP contribution < -0.4 is 0 Å². The first-order valence-electron chi connectivity index (χ1n) is 5.85. The molecule has 0 N–H and O–H groups in total. The highest BCUT2D eigenvalue weighted by molar-refractivity contribution is 5.89. The first-order valence-corrected chi connectivity index (χ1v) is 5.85. The number of rotatable bonds is 4. The zero-order valence-electron chi connectivity index (χ0n) is 10.3. The van der Waals surface area contributed by atoms with Crippen LogP contribution in [0.25, 0.3) is 0 Å². The molecule has 1 heterocycles. The van der Waals surface area contributed by atoms with Gasteiger partial charge in [-0.1, -0.05) is 0 Å². The molecular weight excluding hydrogens is 258 g/mol. The van der Waals surface area contributed by atoms with E-state index in [4.69, 9.17) is 14.2 Å². The van der Waals surface area contributed by atoms with Gasteiger partial charge in [0.05, 0.1) is 5.56 Å². The van der Waals surface area contributed by atoms with Crippen LogP contribution in [0.15, 0.2) is 24.3 Å². The summed E-state index contributed by atoms with van der Waals surface area (Å²) in [4.78, 5) is 11.6. The van der Waals surface area contributed by atoms with Crippen molar-refractivity contribution in [3.8, 4) is 0 Å². The predicted molar refractivity (Wildman–Crippen MR) is 61.9 cm³/mol. The van der Waals surface area contributed by atoms with E-state index in [1.54, 1.807) is 0 Å². The molecule has 4 nitrogen and oxygen atoms in total. The number of hydrogen-bond acceptors (Lipinski definition) is 4. The van der Waals surface area contributed by atoms with Crippen LogP contribution in [0.4, 0.5) is 8.78 Å². The Balaban J connectivity index is 1.85. The van der Waals surface area contributed by atoms with Gasteiger partial charge >= 0.3 is 5.97 Å². The third kappa shape index (κ3) is 3.48. The molecule has 1 unspecified atom stereocenters. The van der Waals surface area contributed by atoms with E-state index in [2.05, 4.69) is 0 Å². The van der Waals surface area contributed by atoms with Gasteiger partial charge in [0.2, 0.25) is 0 Å². The molecular formula is C13H14F2O4. The van der Waals surface area contributed by atoms with Crippen LogP contribution in [-0.2, 0) is 14.2 Å². The number of carbonyl (C=O) groups is 1. The molecule has 1 aliphatic heterocycles. The molecule has 1 aromatic rings. The summed E-state index contributed by atoms with van der Waals surface area (Å²) in [5, 5.41) is 0. The average molecular weight is 272 g/mol. The molecule has 19 heavy (non-hydrogen) atoms. The van der Waals surface area contributed by atoms with Gasteiger partial charge in [-0.15, -0.1) is 0 Å². The standard InChI is InChI=1S/C13H14F2O4/c1-17-12-6-10(15)11(19-12)7-18-13(16)8-2-4-9(14)5-3-8/h2-5,10-12H,6-7H2,1H3/t10-,11?,12-/m0/s1. The van der Waals surface area contributed by atoms with Crippen LogP contribution in [0.5, 0.6) is 0 Å². The van der Waals surface area contributed by atoms with Crippen molar-refractivity contribution >= 4 is 5.97 Å². The average Bonchev–Trinajstić information content (AvgIpc) is 2.77. The minimum absolute atomic E-state index is 0.120. The van der Waals surface area contributed by atoms with Crippen LogP contribution >= 0.6 is 0 Å². The molecule has 0 aromatic heterocycles. The fourth-order valence-electron chi connectivity index (χ4n) is 1.79. The van der Waals surface area contributed by atoms with Crippen molar-refractivity contribution < 1.29 is 27.8 Å². The molecule has 0 saturated carbocycles. The molecule has 1 aromatic carbocycles. The summed E-state index contributed by atoms with van der Waals surface area (Å²) in [6.07, 6.45) is -2.54. The van der Waals surface area contributed by atoms with E-state index in [1.165, 1.54) is 19.2 Å². The molecule has 0 bridgehead atoms. The predicted octanol–water partition coefficient (Wildman–Crippen LogP) is 2.08. The van der Waals surface area contributed by atoms with E-state index in [0.717, 1.165) is 12.1 Å². The van der Waals surface area contributed by atoms with Crippen molar-refractivity contribution in [3.05, 3.63) is 35.6 Å². The second-order valence-electron chi connectivity index (χ2n) is 4.20. The summed E-state index contributed by atoms with van der Waals surface area (Å²) in [5.74, 6) is -1.08. The molecule has 6 heteroatoms. The second-order valence-corrected chi connectivity index (χ2v) is 4.20. The van der Waals surface area contributed by atoms with E-state index >= 15 is 0 Å². The van der Waals surface area contributed by atoms with Crippen LogP contribution in [0, 0.1) is 5.82 Å². The Labute approximate surface area is 109 Å². The third-order valence-corrected chi connectivity index (χ3v) is 2.87. The first kappa shape index (κ1) is 13.9. The van der Waals surface area contributed by atoms with Crippen molar-refractivity contribution in [2.45, 2.75) is 25.0 Å². The Bertz CT molecular complexity index is 435. The van der Waals surface area contributed by atoms with Gasteiger partial charge in [0, 0.05) is 13.5 Å². The summed E-state index contributed by atoms with van der Waals surface area (Å²) in [7, 11) is 1.42. The quantitative estimate of drug-likeness (QED) is 0.787. The summed E-state index contributed by atoms with van der Waals surface area (Å²) in [6, 6.07) is 4.92. The maximum absolute atomic E-state index is 13.5. The lowest BCUT2D eigenvalue weighted by molar-refractivity contribution is -0.126. The topological polar surface area (TPSA) is 44.8 Å². The van der Waals surface area contributed by atoms with Gasteiger partial charge in [0.1, 0.15) is 24.7 Å². The zero-order valence-corrected chi connectivity index (χ0v) is 10.3. The lowest BCUT2D eigenvalue weighted by Crippen LogP contribution is -2.25. The lowest BCUT2D eigenvalue weighted by atomic mass is 10.2. The highest BCUT2D eigenvalue weighted by Gasteiger charge is 2.36. The Kier molecular flexibility index (Phi) is 4.44. The van der Waals surface area contributed by atoms with Gasteiger partial charge in [-0.3, -0.25) is 0 Å². The molecule has 1 saturated heterocycles. The van der Waals surface area contributed by atoms with Crippen molar-refractivity contribution in [1.82, 2.24) is 0 Å². The highest BCUT2D eigenvalue weighted by Crippen LogP contribution is 2.24. The number of alkyl halides is 1. The number of benzene rings is 1. The van der Waals surface area contributed by atoms with Crippen molar-refractivity contribution in [1.29, 1.82) is 0 Å². The lowest BCUT2D eigenvalue weighted by Gasteiger charge is -2.13. The van der Waals surface area contributed by atoms with Crippen LogP contribution in [0.2, 0.25) is 0 Å². The van der Waals surface area contributed by atoms with E-state index < -0.39 is 30.4 Å². The highest BCUT2D eigenvalue weighted by atomic mass is 19.1. The number of ether oxygens (including phenoxy) is 3. The van der Waals surface area contributed by atoms with Gasteiger partial charge in [-0.2, -0.15) is 0 Å². The second kappa shape index (κ2) is 6.08. The van der Waals surface area contributed by atoms with E-state index in [1.807, 2.05) is 0 Å². The maximum atomic E-state index is 13.5. The molecule has 0 radical (unpaired) electrons. The SMILES string of the molecule is CO[C@@H]1C[C@H](F)C(COC(=O)c2ccc(F)cc2)O1. The molecule has 0 spiro atoms. The molecule has 3 atom stereocenters. The molecule has 0 aliphatic carbocycles. The number of carbonyl (C=O) groups excluding carboxylic acids is 1. The Morgan fingerprint density at radius 3 is 2.68 bits per heavy atom. The van der Waals surface area contributed by atoms with Gasteiger partial charge < -0.3 is 14.2 Å². The Morgan fingerprint density at radius 1 is 1.42 bits per heavy atom. The fraction of sp³-hybridized carbons (Fsp3) is 0.462. The summed E-state index contributed by atoms with van der Waals surface area (Å²) < 4.78 is 41.2. The van der Waals surface area contributed by atoms with Gasteiger partial charge in [-0.25, -0.2) is 13.6 Å². The first-order chi connectivity index (χ1) is 9.10. The number of hydrogen-bond donors (Lipinski definition) is 0. The number of halogens is 2. The minimum atomic E-state index is -1.23. The fourth-order valence-corrected chi connectivity index (χ4v) is 1.79. The molecule has 1 fully saturated rings. The van der Waals surface area contributed by atoms with E-state index in [-0.39, 0.29) is 18.6 Å². The van der Waals surface area contributed by atoms with Crippen molar-refractivity contribution in [3.63, 3.8) is 0 Å². The largest absolute Gasteiger partial charge is 0.459 e. The smallest absolute Gasteiger partial charge is 0.338 e.